The largest absolute Gasteiger partial charge is 0.473 e. The number of aliphatic imine (C=N–C) groups is 1. The molecule has 0 atom stereocenters. The summed E-state index contributed by atoms with van der Waals surface area (Å²) in [6.45, 7) is 0. The van der Waals surface area contributed by atoms with Crippen LogP contribution in [0.25, 0.3) is 11.0 Å². The first-order valence-electron chi connectivity index (χ1n) is 24.1. The summed E-state index contributed by atoms with van der Waals surface area (Å²) in [5, 5.41) is 20.1. The fourth-order valence-corrected chi connectivity index (χ4v) is 4.60. The van der Waals surface area contributed by atoms with E-state index in [1.807, 2.05) is 145 Å². The molecule has 0 saturated carbocycles. The molecule has 15 aromatic rings. The summed E-state index contributed by atoms with van der Waals surface area (Å²) >= 11 is 1.71. The van der Waals surface area contributed by atoms with Crippen molar-refractivity contribution in [1.29, 1.82) is 0 Å². The molecule has 25 nitrogen and oxygen atoms in total. The zero-order valence-electron chi connectivity index (χ0n) is 44.6. The maximum atomic E-state index is 4.58. The Labute approximate surface area is 518 Å². The minimum absolute atomic E-state index is 0. The van der Waals surface area contributed by atoms with Crippen molar-refractivity contribution in [2.75, 3.05) is 0 Å². The van der Waals surface area contributed by atoms with Crippen molar-refractivity contribution in [3.8, 4) is 0 Å². The van der Waals surface area contributed by atoms with Crippen molar-refractivity contribution in [1.82, 2.24) is 100 Å². The SMILES string of the molecule is C.C.C.C.C.C1=CN=CC1.c1c[nH]cn1.c1cc[nH]c1.c1cc[nH]c1.c1ccc2[nH]cnc2c1.c1ccncc1.c1ccoc1.c1ccsc1.c1cn[nH]c1.c1cnccn1.c1cncnc1.c1cncnc1.c1cocn1.c1ncon1.c1nnco1. The van der Waals surface area contributed by atoms with Crippen LogP contribution in [0.3, 0.4) is 0 Å². The predicted octanol–water partition coefficient (Wildman–Crippen LogP) is 14.9. The number of nitrogens with zero attached hydrogens (tertiary/aromatic N) is 16. The van der Waals surface area contributed by atoms with Crippen molar-refractivity contribution in [2.24, 2.45) is 4.99 Å². The Kier molecular flexibility index (Phi) is 68.3. The second-order valence-corrected chi connectivity index (χ2v) is 14.1. The van der Waals surface area contributed by atoms with Gasteiger partial charge >= 0.3 is 0 Å². The number of para-hydroxylation sites is 2. The van der Waals surface area contributed by atoms with Crippen molar-refractivity contribution in [3.05, 3.63) is 326 Å². The first-order valence-corrected chi connectivity index (χ1v) is 25.1. The van der Waals surface area contributed by atoms with E-state index in [1.165, 1.54) is 50.8 Å². The van der Waals surface area contributed by atoms with Crippen LogP contribution in [-0.2, 0) is 0 Å². The highest BCUT2D eigenvalue weighted by Crippen LogP contribution is 2.05. The molecule has 0 radical (unpaired) electrons. The number of hydrogen-bond donors (Lipinski definition) is 5. The molecule has 0 aliphatic carbocycles. The van der Waals surface area contributed by atoms with Gasteiger partial charge in [0.05, 0.1) is 42.4 Å². The number of imidazole rings is 2. The minimum atomic E-state index is 0. The minimum Gasteiger partial charge on any atom is -0.473 e. The van der Waals surface area contributed by atoms with Gasteiger partial charge in [-0.3, -0.25) is 25.0 Å². The number of aromatic amines is 5. The van der Waals surface area contributed by atoms with Crippen LogP contribution in [0.2, 0.25) is 0 Å². The van der Waals surface area contributed by atoms with Gasteiger partial charge in [-0.25, -0.2) is 39.9 Å². The van der Waals surface area contributed by atoms with Crippen LogP contribution in [0, 0.1) is 0 Å². The molecule has 0 bridgehead atoms. The number of fused-ring (bicyclic) bond motifs is 1. The van der Waals surface area contributed by atoms with E-state index in [0.29, 0.717) is 0 Å². The summed E-state index contributed by atoms with van der Waals surface area (Å²) in [5.74, 6) is 0. The van der Waals surface area contributed by atoms with E-state index in [4.69, 9.17) is 0 Å². The Morgan fingerprint density at radius 2 is 1.00 bits per heavy atom. The number of rotatable bonds is 0. The number of thiophene rings is 1. The molecule has 26 heteroatoms. The third-order valence-corrected chi connectivity index (χ3v) is 8.06. The number of benzene rings is 1. The molecule has 0 spiro atoms. The van der Waals surface area contributed by atoms with E-state index in [0.717, 1.165) is 17.5 Å². The molecular weight excluding hydrogens is 1130 g/mol. The second-order valence-electron chi connectivity index (χ2n) is 13.3. The third-order valence-electron chi connectivity index (χ3n) is 7.43. The number of oxazole rings is 1. The number of H-pyrrole nitrogens is 5. The van der Waals surface area contributed by atoms with E-state index in [-0.39, 0.29) is 37.1 Å². The molecule has 0 fully saturated rings. The summed E-state index contributed by atoms with van der Waals surface area (Å²) in [5.41, 5.74) is 2.12. The van der Waals surface area contributed by atoms with E-state index in [1.54, 1.807) is 148 Å². The molecule has 15 heterocycles. The predicted molar refractivity (Wildman–Crippen MR) is 349 cm³/mol. The smallest absolute Gasteiger partial charge is 0.213 e. The number of aromatic nitrogens is 20. The van der Waals surface area contributed by atoms with Gasteiger partial charge < -0.3 is 37.7 Å². The maximum absolute atomic E-state index is 4.58. The lowest BCUT2D eigenvalue weighted by Crippen LogP contribution is -1.66. The fraction of sp³-hybridized carbons (Fsp3) is 0.0968. The lowest BCUT2D eigenvalue weighted by molar-refractivity contribution is 0.416. The van der Waals surface area contributed by atoms with Crippen LogP contribution >= 0.6 is 11.3 Å². The molecule has 14 aromatic heterocycles. The molecule has 1 aromatic carbocycles. The molecular formula is C62H81N21O4S. The van der Waals surface area contributed by atoms with Gasteiger partial charge in [-0.1, -0.05) is 78.7 Å². The van der Waals surface area contributed by atoms with Crippen LogP contribution in [0.4, 0.5) is 0 Å². The maximum Gasteiger partial charge on any atom is 0.213 e. The normalized spacial score (nSPS) is 8.32. The van der Waals surface area contributed by atoms with Gasteiger partial charge in [0.1, 0.15) is 18.9 Å². The third kappa shape index (κ3) is 63.1. The monoisotopic (exact) mass is 1220 g/mol. The second kappa shape index (κ2) is 73.0. The number of nitrogens with one attached hydrogen (secondary N) is 5. The molecule has 16 rings (SSSR count). The molecule has 0 unspecified atom stereocenters. The Bertz CT molecular complexity index is 2460. The molecule has 1 aliphatic heterocycles. The van der Waals surface area contributed by atoms with Crippen molar-refractivity contribution in [3.63, 3.8) is 0 Å². The van der Waals surface area contributed by atoms with Gasteiger partial charge in [-0.15, -0.1) is 10.2 Å². The molecule has 0 amide bonds. The standard InChI is InChI=1S/C7H6N2.C5H5N.3C4H4N2.3C4H5N.C4H4O.C4H4S.2C3H4N2.C3H3NO.2C2H2N2O.5CH4/c1-2-4-7-6(3-1)8-5-9-7;1-2-4-6-5-3-1;1-2-6-4-3-5-1;2*1-2-5-4-6-3-1;5*1-2-4-5-3-1;1-2-5-3-4-1;1-2-4-5-3-1;1-2-5-3-4-1;1-3-4-2-5-1;1-3-2-5-4-1;;;;;/h1-5H,(H,8,9);1-5H;3*1-4H;1,3-4H,2H2;2*1-5H;2*1-4H;2*1-3H,(H,4,5);1-3H;2*1-2H;5*1H4. The van der Waals surface area contributed by atoms with Crippen LogP contribution in [0.1, 0.15) is 43.6 Å². The number of allylic oxidation sites excluding steroid dienone is 1. The first kappa shape index (κ1) is 82.4. The lowest BCUT2D eigenvalue weighted by Gasteiger charge is -1.81. The van der Waals surface area contributed by atoms with Gasteiger partial charge in [0.25, 0.3) is 0 Å². The summed E-state index contributed by atoms with van der Waals surface area (Å²) < 4.78 is 17.6. The average Bonchev–Trinajstić information content (AvgIpc) is 4.61. The molecule has 1 aliphatic rings. The van der Waals surface area contributed by atoms with Crippen molar-refractivity contribution in [2.45, 2.75) is 43.6 Å². The van der Waals surface area contributed by atoms with E-state index in [2.05, 4.69) is 123 Å². The van der Waals surface area contributed by atoms with Crippen LogP contribution < -0.4 is 0 Å². The lowest BCUT2D eigenvalue weighted by atomic mass is 10.3. The number of hydrogen-bond acceptors (Lipinski definition) is 21. The summed E-state index contributed by atoms with van der Waals surface area (Å²) in [6.07, 6.45) is 57.1. The molecule has 464 valence electrons. The Hall–Kier alpha value is -12.1. The fourth-order valence-electron chi connectivity index (χ4n) is 4.14. The van der Waals surface area contributed by atoms with Crippen LogP contribution in [0.15, 0.2) is 349 Å². The zero-order chi connectivity index (χ0) is 58.4. The average molecular weight is 1220 g/mol. The highest BCUT2D eigenvalue weighted by molar-refractivity contribution is 7.07. The van der Waals surface area contributed by atoms with Gasteiger partial charge in [0, 0.05) is 130 Å². The van der Waals surface area contributed by atoms with Crippen molar-refractivity contribution >= 4 is 28.6 Å². The zero-order valence-corrected chi connectivity index (χ0v) is 45.4. The van der Waals surface area contributed by atoms with Gasteiger partial charge in [0.2, 0.25) is 19.2 Å². The number of pyridine rings is 1. The summed E-state index contributed by atoms with van der Waals surface area (Å²) in [4.78, 5) is 55.9. The molecule has 5 N–H and O–H groups in total. The van der Waals surface area contributed by atoms with E-state index in [9.17, 15) is 0 Å². The van der Waals surface area contributed by atoms with Gasteiger partial charge in [-0.05, 0) is 89.6 Å². The van der Waals surface area contributed by atoms with Gasteiger partial charge in [-0.2, -0.15) is 16.4 Å². The highest BCUT2D eigenvalue weighted by Gasteiger charge is 1.88. The number of furan rings is 1. The molecule has 88 heavy (non-hydrogen) atoms. The highest BCUT2D eigenvalue weighted by atomic mass is 32.1. The van der Waals surface area contributed by atoms with Crippen LogP contribution in [-0.4, -0.2) is 107 Å². The molecule has 0 saturated heterocycles. The first-order chi connectivity index (χ1) is 41.5. The Morgan fingerprint density at radius 3 is 1.23 bits per heavy atom. The summed E-state index contributed by atoms with van der Waals surface area (Å²) in [7, 11) is 0. The van der Waals surface area contributed by atoms with Crippen molar-refractivity contribution < 1.29 is 17.8 Å². The van der Waals surface area contributed by atoms with E-state index >= 15 is 0 Å². The Balaban J connectivity index is -0.000000429. The van der Waals surface area contributed by atoms with Gasteiger partial charge in [0.15, 0.2) is 12.7 Å². The quantitative estimate of drug-likeness (QED) is 0.0941. The van der Waals surface area contributed by atoms with Crippen LogP contribution in [0.5, 0.6) is 0 Å². The Morgan fingerprint density at radius 1 is 0.398 bits per heavy atom. The summed E-state index contributed by atoms with van der Waals surface area (Å²) in [6, 6.07) is 34.5. The van der Waals surface area contributed by atoms with E-state index < -0.39 is 0 Å². The topological polar surface area (TPSA) is 337 Å².